The Bertz CT molecular complexity index is 814. The van der Waals surface area contributed by atoms with E-state index in [1.165, 1.54) is 4.90 Å². The SMILES string of the molecule is Cc1cccc(NC(=O)c2ccc3c(c2)N(C)C(=O)CCO3)c1C. The first-order valence-corrected chi connectivity index (χ1v) is 7.88. The molecule has 2 aromatic carbocycles. The molecule has 0 aliphatic carbocycles. The molecule has 0 saturated carbocycles. The predicted molar refractivity (Wildman–Crippen MR) is 93.8 cm³/mol. The highest BCUT2D eigenvalue weighted by Crippen LogP contribution is 2.32. The Balaban J connectivity index is 1.90. The van der Waals surface area contributed by atoms with Crippen LogP contribution in [0.1, 0.15) is 27.9 Å². The maximum absolute atomic E-state index is 12.6. The topological polar surface area (TPSA) is 58.6 Å². The molecule has 1 aliphatic rings. The Morgan fingerprint density at radius 2 is 2.00 bits per heavy atom. The van der Waals surface area contributed by atoms with E-state index in [1.54, 1.807) is 25.2 Å². The summed E-state index contributed by atoms with van der Waals surface area (Å²) in [7, 11) is 1.70. The van der Waals surface area contributed by atoms with Crippen LogP contribution in [0.25, 0.3) is 0 Å². The van der Waals surface area contributed by atoms with Gasteiger partial charge in [0, 0.05) is 18.3 Å². The van der Waals surface area contributed by atoms with Gasteiger partial charge in [-0.1, -0.05) is 12.1 Å². The quantitative estimate of drug-likeness (QED) is 0.922. The number of anilines is 2. The van der Waals surface area contributed by atoms with Crippen molar-refractivity contribution in [2.24, 2.45) is 0 Å². The van der Waals surface area contributed by atoms with Crippen molar-refractivity contribution in [3.05, 3.63) is 53.1 Å². The Morgan fingerprint density at radius 3 is 2.79 bits per heavy atom. The third-order valence-corrected chi connectivity index (χ3v) is 4.38. The lowest BCUT2D eigenvalue weighted by Crippen LogP contribution is -2.25. The van der Waals surface area contributed by atoms with E-state index in [0.717, 1.165) is 16.8 Å². The number of aryl methyl sites for hydroxylation is 1. The van der Waals surface area contributed by atoms with Crippen LogP contribution >= 0.6 is 0 Å². The molecule has 1 aliphatic heterocycles. The van der Waals surface area contributed by atoms with E-state index in [9.17, 15) is 9.59 Å². The average molecular weight is 324 g/mol. The number of carbonyl (C=O) groups excluding carboxylic acids is 2. The van der Waals surface area contributed by atoms with Crippen LogP contribution in [0.15, 0.2) is 36.4 Å². The van der Waals surface area contributed by atoms with Crippen molar-refractivity contribution in [3.8, 4) is 5.75 Å². The molecule has 0 unspecified atom stereocenters. The van der Waals surface area contributed by atoms with E-state index in [0.29, 0.717) is 30.0 Å². The van der Waals surface area contributed by atoms with Gasteiger partial charge in [-0.15, -0.1) is 0 Å². The van der Waals surface area contributed by atoms with Crippen molar-refractivity contribution in [2.45, 2.75) is 20.3 Å². The largest absolute Gasteiger partial charge is 0.491 e. The average Bonchev–Trinajstić information content (AvgIpc) is 2.71. The molecule has 0 spiro atoms. The molecule has 24 heavy (non-hydrogen) atoms. The standard InChI is InChI=1S/C19H20N2O3/c1-12-5-4-6-15(13(12)2)20-19(23)14-7-8-17-16(11-14)21(3)18(22)9-10-24-17/h4-8,11H,9-10H2,1-3H3,(H,20,23). The first-order valence-electron chi connectivity index (χ1n) is 7.88. The van der Waals surface area contributed by atoms with Gasteiger partial charge in [-0.05, 0) is 49.2 Å². The minimum atomic E-state index is -0.211. The zero-order chi connectivity index (χ0) is 17.3. The highest BCUT2D eigenvalue weighted by atomic mass is 16.5. The molecule has 0 aromatic heterocycles. The van der Waals surface area contributed by atoms with Gasteiger partial charge in [-0.3, -0.25) is 9.59 Å². The van der Waals surface area contributed by atoms with E-state index >= 15 is 0 Å². The number of carbonyl (C=O) groups is 2. The summed E-state index contributed by atoms with van der Waals surface area (Å²) in [6, 6.07) is 10.9. The van der Waals surface area contributed by atoms with Gasteiger partial charge in [0.15, 0.2) is 0 Å². The second-order valence-corrected chi connectivity index (χ2v) is 5.94. The Morgan fingerprint density at radius 1 is 1.21 bits per heavy atom. The van der Waals surface area contributed by atoms with Crippen LogP contribution in [0.3, 0.4) is 0 Å². The number of rotatable bonds is 2. The second kappa shape index (κ2) is 6.35. The number of fused-ring (bicyclic) bond motifs is 1. The molecule has 5 heteroatoms. The smallest absolute Gasteiger partial charge is 0.255 e. The number of amides is 2. The third kappa shape index (κ3) is 2.97. The number of nitrogens with one attached hydrogen (secondary N) is 1. The molecule has 124 valence electrons. The molecule has 1 N–H and O–H groups in total. The summed E-state index contributed by atoms with van der Waals surface area (Å²) in [6.45, 7) is 4.33. The monoisotopic (exact) mass is 324 g/mol. The zero-order valence-electron chi connectivity index (χ0n) is 14.1. The second-order valence-electron chi connectivity index (χ2n) is 5.94. The first kappa shape index (κ1) is 16.1. The fourth-order valence-electron chi connectivity index (χ4n) is 2.67. The van der Waals surface area contributed by atoms with Gasteiger partial charge in [-0.2, -0.15) is 0 Å². The predicted octanol–water partition coefficient (Wildman–Crippen LogP) is 3.30. The van der Waals surface area contributed by atoms with Crippen LogP contribution in [0.4, 0.5) is 11.4 Å². The van der Waals surface area contributed by atoms with E-state index in [-0.39, 0.29) is 11.8 Å². The van der Waals surface area contributed by atoms with E-state index in [4.69, 9.17) is 4.74 Å². The molecular weight excluding hydrogens is 304 g/mol. The van der Waals surface area contributed by atoms with Crippen LogP contribution in [-0.2, 0) is 4.79 Å². The summed E-state index contributed by atoms with van der Waals surface area (Å²) in [4.78, 5) is 26.1. The molecule has 0 atom stereocenters. The molecule has 0 saturated heterocycles. The van der Waals surface area contributed by atoms with Gasteiger partial charge in [0.25, 0.3) is 5.91 Å². The highest BCUT2D eigenvalue weighted by molar-refractivity contribution is 6.06. The number of hydrogen-bond acceptors (Lipinski definition) is 3. The Labute approximate surface area is 141 Å². The number of hydrogen-bond donors (Lipinski definition) is 1. The molecule has 0 radical (unpaired) electrons. The normalized spacial score (nSPS) is 13.8. The molecule has 0 bridgehead atoms. The van der Waals surface area contributed by atoms with E-state index in [1.807, 2.05) is 32.0 Å². The van der Waals surface area contributed by atoms with Crippen molar-refractivity contribution < 1.29 is 14.3 Å². The summed E-state index contributed by atoms with van der Waals surface area (Å²) < 4.78 is 5.58. The maximum atomic E-state index is 12.6. The fourth-order valence-corrected chi connectivity index (χ4v) is 2.67. The van der Waals surface area contributed by atoms with Crippen LogP contribution in [-0.4, -0.2) is 25.5 Å². The molecule has 2 aromatic rings. The van der Waals surface area contributed by atoms with Gasteiger partial charge in [0.05, 0.1) is 18.7 Å². The summed E-state index contributed by atoms with van der Waals surface area (Å²) in [6.07, 6.45) is 0.329. The lowest BCUT2D eigenvalue weighted by molar-refractivity contribution is -0.118. The van der Waals surface area contributed by atoms with Gasteiger partial charge < -0.3 is 15.0 Å². The first-order chi connectivity index (χ1) is 11.5. The Kier molecular flexibility index (Phi) is 4.25. The molecular formula is C19H20N2O3. The number of ether oxygens (including phenoxy) is 1. The number of benzene rings is 2. The molecule has 5 nitrogen and oxygen atoms in total. The number of nitrogens with zero attached hydrogens (tertiary/aromatic N) is 1. The zero-order valence-corrected chi connectivity index (χ0v) is 14.1. The summed E-state index contributed by atoms with van der Waals surface area (Å²) in [5, 5.41) is 2.93. The molecule has 0 fully saturated rings. The van der Waals surface area contributed by atoms with Crippen molar-refractivity contribution in [1.29, 1.82) is 0 Å². The maximum Gasteiger partial charge on any atom is 0.255 e. The van der Waals surface area contributed by atoms with Crippen molar-refractivity contribution in [3.63, 3.8) is 0 Å². The molecule has 2 amide bonds. The van der Waals surface area contributed by atoms with Crippen LogP contribution in [0.2, 0.25) is 0 Å². The van der Waals surface area contributed by atoms with Gasteiger partial charge in [0.2, 0.25) is 5.91 Å². The van der Waals surface area contributed by atoms with E-state index < -0.39 is 0 Å². The lowest BCUT2D eigenvalue weighted by Gasteiger charge is -2.17. The summed E-state index contributed by atoms with van der Waals surface area (Å²) in [5.74, 6) is 0.379. The molecule has 3 rings (SSSR count). The third-order valence-electron chi connectivity index (χ3n) is 4.38. The minimum absolute atomic E-state index is 0.0270. The van der Waals surface area contributed by atoms with Crippen molar-refractivity contribution in [1.82, 2.24) is 0 Å². The van der Waals surface area contributed by atoms with Crippen molar-refractivity contribution >= 4 is 23.2 Å². The highest BCUT2D eigenvalue weighted by Gasteiger charge is 2.21. The van der Waals surface area contributed by atoms with Crippen LogP contribution < -0.4 is 15.0 Å². The lowest BCUT2D eigenvalue weighted by atomic mass is 10.1. The summed E-state index contributed by atoms with van der Waals surface area (Å²) >= 11 is 0. The van der Waals surface area contributed by atoms with Crippen molar-refractivity contribution in [2.75, 3.05) is 23.9 Å². The minimum Gasteiger partial charge on any atom is -0.491 e. The van der Waals surface area contributed by atoms with E-state index in [2.05, 4.69) is 5.32 Å². The summed E-state index contributed by atoms with van der Waals surface area (Å²) in [5.41, 5.74) is 4.05. The molecule has 1 heterocycles. The van der Waals surface area contributed by atoms with Gasteiger partial charge >= 0.3 is 0 Å². The van der Waals surface area contributed by atoms with Crippen LogP contribution in [0.5, 0.6) is 5.75 Å². The van der Waals surface area contributed by atoms with Gasteiger partial charge in [-0.25, -0.2) is 0 Å². The van der Waals surface area contributed by atoms with Crippen LogP contribution in [0, 0.1) is 13.8 Å². The fraction of sp³-hybridized carbons (Fsp3) is 0.263. The Hall–Kier alpha value is -2.82. The van der Waals surface area contributed by atoms with Gasteiger partial charge in [0.1, 0.15) is 5.75 Å².